The van der Waals surface area contributed by atoms with Crippen molar-refractivity contribution >= 4 is 11.6 Å². The first-order valence-corrected chi connectivity index (χ1v) is 6.18. The minimum Gasteiger partial charge on any atom is -0.493 e. The molecule has 2 atom stereocenters. The summed E-state index contributed by atoms with van der Waals surface area (Å²) < 4.78 is 10.5. The number of benzene rings is 1. The SMILES string of the molecule is COc1ccc(C2=NNC(=O)[C@@H](C)[C@@H]2C)cc1OC. The van der Waals surface area contributed by atoms with Crippen LogP contribution in [0.1, 0.15) is 19.4 Å². The van der Waals surface area contributed by atoms with Crippen LogP contribution < -0.4 is 14.9 Å². The maximum Gasteiger partial charge on any atom is 0.243 e. The molecule has 1 aliphatic rings. The van der Waals surface area contributed by atoms with Crippen LogP contribution in [0.25, 0.3) is 0 Å². The Morgan fingerprint density at radius 1 is 1.11 bits per heavy atom. The molecular formula is C14H18N2O3. The van der Waals surface area contributed by atoms with Gasteiger partial charge in [0.05, 0.1) is 19.9 Å². The molecule has 5 nitrogen and oxygen atoms in total. The lowest BCUT2D eigenvalue weighted by molar-refractivity contribution is -0.125. The van der Waals surface area contributed by atoms with Gasteiger partial charge in [-0.15, -0.1) is 0 Å². The molecule has 0 saturated heterocycles. The van der Waals surface area contributed by atoms with Gasteiger partial charge in [-0.25, -0.2) is 5.43 Å². The number of methoxy groups -OCH3 is 2. The molecule has 0 saturated carbocycles. The minimum absolute atomic E-state index is 0.0447. The van der Waals surface area contributed by atoms with Gasteiger partial charge in [0.1, 0.15) is 0 Å². The second-order valence-corrected chi connectivity index (χ2v) is 4.62. The van der Waals surface area contributed by atoms with Gasteiger partial charge in [-0.05, 0) is 18.2 Å². The molecule has 0 spiro atoms. The number of amides is 1. The molecule has 1 N–H and O–H groups in total. The summed E-state index contributed by atoms with van der Waals surface area (Å²) in [5, 5.41) is 4.16. The average Bonchev–Trinajstić information content (AvgIpc) is 2.44. The summed E-state index contributed by atoms with van der Waals surface area (Å²) in [6.45, 7) is 3.90. The fraction of sp³-hybridized carbons (Fsp3) is 0.429. The Morgan fingerprint density at radius 2 is 1.79 bits per heavy atom. The summed E-state index contributed by atoms with van der Waals surface area (Å²) in [6.07, 6.45) is 0. The third kappa shape index (κ3) is 2.41. The van der Waals surface area contributed by atoms with Crippen LogP contribution in [-0.2, 0) is 4.79 Å². The van der Waals surface area contributed by atoms with Gasteiger partial charge in [0.2, 0.25) is 5.91 Å². The number of nitrogens with one attached hydrogen (secondary N) is 1. The maximum absolute atomic E-state index is 11.5. The Bertz CT molecular complexity index is 525. The van der Waals surface area contributed by atoms with Crippen LogP contribution in [0.4, 0.5) is 0 Å². The van der Waals surface area contributed by atoms with Crippen LogP contribution in [-0.4, -0.2) is 25.8 Å². The predicted octanol–water partition coefficient (Wildman–Crippen LogP) is 1.81. The summed E-state index contributed by atoms with van der Waals surface area (Å²) in [5.41, 5.74) is 4.34. The van der Waals surface area contributed by atoms with Gasteiger partial charge in [-0.3, -0.25) is 4.79 Å². The molecule has 0 aromatic heterocycles. The first kappa shape index (κ1) is 13.4. The van der Waals surface area contributed by atoms with E-state index in [9.17, 15) is 4.79 Å². The van der Waals surface area contributed by atoms with E-state index < -0.39 is 0 Å². The van der Waals surface area contributed by atoms with Gasteiger partial charge < -0.3 is 9.47 Å². The third-order valence-electron chi connectivity index (χ3n) is 3.56. The highest BCUT2D eigenvalue weighted by Crippen LogP contribution is 2.30. The highest BCUT2D eigenvalue weighted by atomic mass is 16.5. The highest BCUT2D eigenvalue weighted by Gasteiger charge is 2.29. The van der Waals surface area contributed by atoms with Crippen molar-refractivity contribution in [3.8, 4) is 11.5 Å². The lowest BCUT2D eigenvalue weighted by atomic mass is 9.86. The first-order valence-electron chi connectivity index (χ1n) is 6.18. The van der Waals surface area contributed by atoms with Crippen LogP contribution in [0.3, 0.4) is 0 Å². The molecule has 0 unspecified atom stereocenters. The number of hydrogen-bond acceptors (Lipinski definition) is 4. The maximum atomic E-state index is 11.5. The van der Waals surface area contributed by atoms with Crippen molar-refractivity contribution < 1.29 is 14.3 Å². The third-order valence-corrected chi connectivity index (χ3v) is 3.56. The zero-order valence-corrected chi connectivity index (χ0v) is 11.6. The molecule has 102 valence electrons. The number of ether oxygens (including phenoxy) is 2. The number of carbonyl (C=O) groups is 1. The number of hydrazone groups is 1. The fourth-order valence-corrected chi connectivity index (χ4v) is 2.11. The molecule has 1 amide bonds. The fourth-order valence-electron chi connectivity index (χ4n) is 2.11. The van der Waals surface area contributed by atoms with E-state index in [1.807, 2.05) is 32.0 Å². The van der Waals surface area contributed by atoms with E-state index in [4.69, 9.17) is 9.47 Å². The molecule has 0 bridgehead atoms. The topological polar surface area (TPSA) is 59.9 Å². The van der Waals surface area contributed by atoms with Crippen molar-refractivity contribution in [1.29, 1.82) is 0 Å². The lowest BCUT2D eigenvalue weighted by Crippen LogP contribution is -2.39. The molecule has 2 rings (SSSR count). The number of carbonyl (C=O) groups excluding carboxylic acids is 1. The molecule has 1 aliphatic heterocycles. The normalized spacial score (nSPS) is 22.5. The van der Waals surface area contributed by atoms with Crippen LogP contribution in [0.2, 0.25) is 0 Å². The van der Waals surface area contributed by atoms with E-state index in [2.05, 4.69) is 10.5 Å². The molecular weight excluding hydrogens is 244 g/mol. The van der Waals surface area contributed by atoms with Crippen LogP contribution >= 0.6 is 0 Å². The Kier molecular flexibility index (Phi) is 3.74. The number of nitrogens with zero attached hydrogens (tertiary/aromatic N) is 1. The van der Waals surface area contributed by atoms with Crippen molar-refractivity contribution in [2.75, 3.05) is 14.2 Å². The van der Waals surface area contributed by atoms with E-state index in [0.29, 0.717) is 11.5 Å². The van der Waals surface area contributed by atoms with Crippen molar-refractivity contribution in [1.82, 2.24) is 5.43 Å². The Balaban J connectivity index is 2.39. The summed E-state index contributed by atoms with van der Waals surface area (Å²) in [5.74, 6) is 1.25. The van der Waals surface area contributed by atoms with Crippen molar-refractivity contribution in [3.05, 3.63) is 23.8 Å². The Labute approximate surface area is 112 Å². The summed E-state index contributed by atoms with van der Waals surface area (Å²) in [4.78, 5) is 11.5. The van der Waals surface area contributed by atoms with E-state index in [0.717, 1.165) is 11.3 Å². The van der Waals surface area contributed by atoms with E-state index in [1.54, 1.807) is 14.2 Å². The van der Waals surface area contributed by atoms with Gasteiger partial charge in [0, 0.05) is 17.4 Å². The molecule has 19 heavy (non-hydrogen) atoms. The molecule has 0 aliphatic carbocycles. The van der Waals surface area contributed by atoms with Crippen molar-refractivity contribution in [3.63, 3.8) is 0 Å². The largest absolute Gasteiger partial charge is 0.493 e. The van der Waals surface area contributed by atoms with E-state index >= 15 is 0 Å². The van der Waals surface area contributed by atoms with Gasteiger partial charge in [0.25, 0.3) is 0 Å². The van der Waals surface area contributed by atoms with E-state index in [1.165, 1.54) is 0 Å². The molecule has 5 heteroatoms. The summed E-state index contributed by atoms with van der Waals surface area (Å²) >= 11 is 0. The number of hydrogen-bond donors (Lipinski definition) is 1. The van der Waals surface area contributed by atoms with Gasteiger partial charge in [-0.2, -0.15) is 5.10 Å². The van der Waals surface area contributed by atoms with Gasteiger partial charge in [0.15, 0.2) is 11.5 Å². The van der Waals surface area contributed by atoms with Crippen LogP contribution in [0.5, 0.6) is 11.5 Å². The number of rotatable bonds is 3. The Hall–Kier alpha value is -2.04. The monoisotopic (exact) mass is 262 g/mol. The molecule has 1 aromatic rings. The molecule has 1 heterocycles. The quantitative estimate of drug-likeness (QED) is 0.903. The van der Waals surface area contributed by atoms with Crippen LogP contribution in [0, 0.1) is 11.8 Å². The second-order valence-electron chi connectivity index (χ2n) is 4.62. The van der Waals surface area contributed by atoms with Crippen molar-refractivity contribution in [2.45, 2.75) is 13.8 Å². The molecule has 0 radical (unpaired) electrons. The van der Waals surface area contributed by atoms with Gasteiger partial charge >= 0.3 is 0 Å². The van der Waals surface area contributed by atoms with Gasteiger partial charge in [-0.1, -0.05) is 13.8 Å². The minimum atomic E-state index is -0.0967. The zero-order valence-electron chi connectivity index (χ0n) is 11.6. The summed E-state index contributed by atoms with van der Waals surface area (Å²) in [7, 11) is 3.19. The Morgan fingerprint density at radius 3 is 2.42 bits per heavy atom. The zero-order chi connectivity index (χ0) is 14.0. The predicted molar refractivity (Wildman–Crippen MR) is 72.6 cm³/mol. The van der Waals surface area contributed by atoms with Crippen LogP contribution in [0.15, 0.2) is 23.3 Å². The highest BCUT2D eigenvalue weighted by molar-refractivity contribution is 6.06. The van der Waals surface area contributed by atoms with Crippen molar-refractivity contribution in [2.24, 2.45) is 16.9 Å². The summed E-state index contributed by atoms with van der Waals surface area (Å²) in [6, 6.07) is 5.63. The molecule has 1 aromatic carbocycles. The standard InChI is InChI=1S/C14H18N2O3/c1-8-9(2)14(17)16-15-13(8)10-5-6-11(18-3)12(7-10)19-4/h5-9H,1-4H3,(H,16,17)/t8-,9-/m0/s1. The second kappa shape index (κ2) is 5.30. The van der Waals surface area contributed by atoms with E-state index in [-0.39, 0.29) is 17.7 Å². The first-order chi connectivity index (χ1) is 9.08. The molecule has 0 fully saturated rings. The lowest BCUT2D eigenvalue weighted by Gasteiger charge is -2.25. The average molecular weight is 262 g/mol. The smallest absolute Gasteiger partial charge is 0.243 e.